The molecule has 3 aromatic carbocycles. The molecule has 1 atom stereocenters. The summed E-state index contributed by atoms with van der Waals surface area (Å²) in [6, 6.07) is 24.4. The van der Waals surface area contributed by atoms with Crippen LogP contribution < -0.4 is 9.46 Å². The van der Waals surface area contributed by atoms with Crippen molar-refractivity contribution in [1.82, 2.24) is 4.72 Å². The van der Waals surface area contributed by atoms with Crippen molar-refractivity contribution in [3.63, 3.8) is 0 Å². The third-order valence-electron chi connectivity index (χ3n) is 4.50. The van der Waals surface area contributed by atoms with Crippen molar-refractivity contribution in [2.75, 3.05) is 7.11 Å². The highest BCUT2D eigenvalue weighted by atomic mass is 32.2. The average Bonchev–Trinajstić information content (AvgIpc) is 3.17. The molecule has 0 aliphatic rings. The number of hydrogen-bond donors (Lipinski definition) is 1. The van der Waals surface area contributed by atoms with Gasteiger partial charge < -0.3 is 9.15 Å². The molecule has 0 radical (unpaired) electrons. The molecule has 5 nitrogen and oxygen atoms in total. The summed E-state index contributed by atoms with van der Waals surface area (Å²) in [5.74, 6) is 1.13. The van der Waals surface area contributed by atoms with Crippen LogP contribution in [-0.2, 0) is 10.0 Å². The maximum absolute atomic E-state index is 13.0. The van der Waals surface area contributed by atoms with Crippen LogP contribution in [0.1, 0.15) is 17.4 Å². The minimum Gasteiger partial charge on any atom is -0.497 e. The van der Waals surface area contributed by atoms with Gasteiger partial charge in [-0.1, -0.05) is 48.5 Å². The fourth-order valence-electron chi connectivity index (χ4n) is 3.06. The maximum Gasteiger partial charge on any atom is 0.241 e. The van der Waals surface area contributed by atoms with Crippen molar-refractivity contribution in [3.05, 3.63) is 96.3 Å². The molecule has 0 spiro atoms. The van der Waals surface area contributed by atoms with Crippen LogP contribution in [0.3, 0.4) is 0 Å². The zero-order valence-corrected chi connectivity index (χ0v) is 16.0. The second-order valence-corrected chi connectivity index (χ2v) is 8.04. The molecule has 0 aliphatic carbocycles. The fraction of sp³-hybridized carbons (Fsp3) is 0.0909. The van der Waals surface area contributed by atoms with E-state index >= 15 is 0 Å². The minimum atomic E-state index is -3.78. The molecule has 0 amide bonds. The first kappa shape index (κ1) is 18.3. The zero-order chi connectivity index (χ0) is 19.6. The molecule has 4 aromatic rings. The van der Waals surface area contributed by atoms with E-state index in [0.29, 0.717) is 17.1 Å². The Hall–Kier alpha value is -3.09. The number of furan rings is 1. The standard InChI is InChI=1S/C22H19NO4S/c1-26-18-11-13-19(14-12-18)28(24,25)23-22(16-7-3-2-4-8-16)21-15-17-9-5-6-10-20(17)27-21/h2-15,22-23H,1H3/t22-/m1/s1. The second kappa shape index (κ2) is 7.50. The van der Waals surface area contributed by atoms with Crippen molar-refractivity contribution in [2.24, 2.45) is 0 Å². The Morgan fingerprint density at radius 2 is 1.57 bits per heavy atom. The Balaban J connectivity index is 1.75. The number of ether oxygens (including phenoxy) is 1. The molecule has 0 bridgehead atoms. The largest absolute Gasteiger partial charge is 0.497 e. The quantitative estimate of drug-likeness (QED) is 0.523. The van der Waals surface area contributed by atoms with Gasteiger partial charge in [-0.25, -0.2) is 8.42 Å². The van der Waals surface area contributed by atoms with Gasteiger partial charge in [0, 0.05) is 5.39 Å². The second-order valence-electron chi connectivity index (χ2n) is 6.33. The number of benzene rings is 3. The Labute approximate surface area is 163 Å². The summed E-state index contributed by atoms with van der Waals surface area (Å²) in [4.78, 5) is 0.158. The van der Waals surface area contributed by atoms with E-state index < -0.39 is 16.1 Å². The summed E-state index contributed by atoms with van der Waals surface area (Å²) in [6.07, 6.45) is 0. The van der Waals surface area contributed by atoms with E-state index in [1.807, 2.05) is 60.7 Å². The first-order chi connectivity index (χ1) is 13.6. The normalized spacial score (nSPS) is 12.8. The summed E-state index contributed by atoms with van der Waals surface area (Å²) in [7, 11) is -2.25. The van der Waals surface area contributed by atoms with Gasteiger partial charge in [-0.05, 0) is 42.0 Å². The summed E-state index contributed by atoms with van der Waals surface area (Å²) in [6.45, 7) is 0. The molecule has 1 N–H and O–H groups in total. The Kier molecular flexibility index (Phi) is 4.90. The number of fused-ring (bicyclic) bond motifs is 1. The van der Waals surface area contributed by atoms with Crippen LogP contribution >= 0.6 is 0 Å². The van der Waals surface area contributed by atoms with E-state index in [1.165, 1.54) is 19.2 Å². The van der Waals surface area contributed by atoms with Gasteiger partial charge in [-0.15, -0.1) is 0 Å². The Morgan fingerprint density at radius 1 is 0.893 bits per heavy atom. The highest BCUT2D eigenvalue weighted by Crippen LogP contribution is 2.30. The van der Waals surface area contributed by atoms with Crippen molar-refractivity contribution in [3.8, 4) is 5.75 Å². The van der Waals surface area contributed by atoms with Crippen molar-refractivity contribution < 1.29 is 17.6 Å². The molecule has 6 heteroatoms. The first-order valence-corrected chi connectivity index (χ1v) is 10.2. The lowest BCUT2D eigenvalue weighted by atomic mass is 10.1. The van der Waals surface area contributed by atoms with E-state index in [9.17, 15) is 8.42 Å². The number of hydrogen-bond acceptors (Lipinski definition) is 4. The van der Waals surface area contributed by atoms with E-state index in [-0.39, 0.29) is 4.90 Å². The average molecular weight is 393 g/mol. The van der Waals surface area contributed by atoms with Crippen LogP contribution in [0.15, 0.2) is 94.2 Å². The van der Waals surface area contributed by atoms with Gasteiger partial charge in [0.25, 0.3) is 0 Å². The monoisotopic (exact) mass is 393 g/mol. The lowest BCUT2D eigenvalue weighted by Crippen LogP contribution is -2.29. The van der Waals surface area contributed by atoms with E-state index in [0.717, 1.165) is 10.9 Å². The molecule has 28 heavy (non-hydrogen) atoms. The van der Waals surface area contributed by atoms with Crippen LogP contribution in [-0.4, -0.2) is 15.5 Å². The maximum atomic E-state index is 13.0. The predicted octanol–water partition coefficient (Wildman–Crippen LogP) is 4.51. The third-order valence-corrected chi connectivity index (χ3v) is 5.94. The highest BCUT2D eigenvalue weighted by molar-refractivity contribution is 7.89. The molecule has 0 saturated heterocycles. The Bertz CT molecular complexity index is 1150. The van der Waals surface area contributed by atoms with Gasteiger partial charge in [0.15, 0.2) is 0 Å². The van der Waals surface area contributed by atoms with Crippen LogP contribution in [0, 0.1) is 0 Å². The SMILES string of the molecule is COc1ccc(S(=O)(=O)N[C@H](c2ccccc2)c2cc3ccccc3o2)cc1. The smallest absolute Gasteiger partial charge is 0.241 e. The predicted molar refractivity (Wildman–Crippen MR) is 108 cm³/mol. The number of methoxy groups -OCH3 is 1. The molecule has 4 rings (SSSR count). The number of rotatable bonds is 6. The van der Waals surface area contributed by atoms with Crippen molar-refractivity contribution in [2.45, 2.75) is 10.9 Å². The topological polar surface area (TPSA) is 68.5 Å². The van der Waals surface area contributed by atoms with E-state index in [4.69, 9.17) is 9.15 Å². The highest BCUT2D eigenvalue weighted by Gasteiger charge is 2.25. The molecular weight excluding hydrogens is 374 g/mol. The number of nitrogens with one attached hydrogen (secondary N) is 1. The van der Waals surface area contributed by atoms with Gasteiger partial charge in [0.1, 0.15) is 23.1 Å². The summed E-state index contributed by atoms with van der Waals surface area (Å²) in [5, 5.41) is 0.919. The molecule has 142 valence electrons. The first-order valence-electron chi connectivity index (χ1n) is 8.76. The van der Waals surface area contributed by atoms with E-state index in [1.54, 1.807) is 12.1 Å². The number of para-hydroxylation sites is 1. The molecule has 1 aromatic heterocycles. The van der Waals surface area contributed by atoms with Crippen molar-refractivity contribution in [1.29, 1.82) is 0 Å². The van der Waals surface area contributed by atoms with Gasteiger partial charge >= 0.3 is 0 Å². The summed E-state index contributed by atoms with van der Waals surface area (Å²) < 4.78 is 39.9. The van der Waals surface area contributed by atoms with Gasteiger partial charge in [-0.3, -0.25) is 0 Å². The van der Waals surface area contributed by atoms with Crippen LogP contribution in [0.2, 0.25) is 0 Å². The van der Waals surface area contributed by atoms with Crippen LogP contribution in [0.25, 0.3) is 11.0 Å². The number of sulfonamides is 1. The van der Waals surface area contributed by atoms with Gasteiger partial charge in [0.2, 0.25) is 10.0 Å². The summed E-state index contributed by atoms with van der Waals surface area (Å²) >= 11 is 0. The molecule has 0 fully saturated rings. The zero-order valence-electron chi connectivity index (χ0n) is 15.2. The lowest BCUT2D eigenvalue weighted by molar-refractivity contribution is 0.414. The minimum absolute atomic E-state index is 0.158. The van der Waals surface area contributed by atoms with E-state index in [2.05, 4.69) is 4.72 Å². The fourth-order valence-corrected chi connectivity index (χ4v) is 4.25. The molecule has 0 aliphatic heterocycles. The molecule has 1 heterocycles. The lowest BCUT2D eigenvalue weighted by Gasteiger charge is -2.17. The third kappa shape index (κ3) is 3.65. The molecular formula is C22H19NO4S. The van der Waals surface area contributed by atoms with Crippen molar-refractivity contribution >= 4 is 21.0 Å². The van der Waals surface area contributed by atoms with Gasteiger partial charge in [-0.2, -0.15) is 4.72 Å². The molecule has 0 saturated carbocycles. The van der Waals surface area contributed by atoms with Gasteiger partial charge in [0.05, 0.1) is 12.0 Å². The van der Waals surface area contributed by atoms with Crippen LogP contribution in [0.4, 0.5) is 0 Å². The Morgan fingerprint density at radius 3 is 2.25 bits per heavy atom. The summed E-state index contributed by atoms with van der Waals surface area (Å²) in [5.41, 5.74) is 1.50. The van der Waals surface area contributed by atoms with Crippen LogP contribution in [0.5, 0.6) is 5.75 Å². The molecule has 0 unspecified atom stereocenters.